The van der Waals surface area contributed by atoms with Gasteiger partial charge in [-0.1, -0.05) is 36.4 Å². The van der Waals surface area contributed by atoms with Crippen molar-refractivity contribution in [3.63, 3.8) is 0 Å². The van der Waals surface area contributed by atoms with E-state index >= 15 is 0 Å². The number of H-pyrrole nitrogens is 1. The van der Waals surface area contributed by atoms with Crippen LogP contribution < -0.4 is 0 Å². The minimum absolute atomic E-state index is 0.0403. The molecule has 1 spiro atoms. The van der Waals surface area contributed by atoms with Crippen molar-refractivity contribution in [2.24, 2.45) is 5.92 Å². The van der Waals surface area contributed by atoms with Crippen molar-refractivity contribution in [3.8, 4) is 0 Å². The fourth-order valence-corrected chi connectivity index (χ4v) is 5.12. The molecular weight excluding hydrogens is 352 g/mol. The number of allylic oxidation sites excluding steroid dienone is 2. The topological polar surface area (TPSA) is 70.2 Å². The van der Waals surface area contributed by atoms with Crippen molar-refractivity contribution in [2.75, 3.05) is 6.54 Å². The molecule has 1 unspecified atom stereocenters. The summed E-state index contributed by atoms with van der Waals surface area (Å²) < 4.78 is 0. The van der Waals surface area contributed by atoms with E-state index in [0.717, 1.165) is 34.9 Å². The molecule has 0 bridgehead atoms. The molecule has 1 amide bonds. The van der Waals surface area contributed by atoms with Crippen LogP contribution >= 0.6 is 0 Å². The molecule has 3 aliphatic rings. The minimum Gasteiger partial charge on any atom is -0.350 e. The summed E-state index contributed by atoms with van der Waals surface area (Å²) in [6.07, 6.45) is 3.41. The summed E-state index contributed by atoms with van der Waals surface area (Å²) in [7, 11) is 0. The molecule has 1 aromatic heterocycles. The van der Waals surface area contributed by atoms with Gasteiger partial charge in [0.15, 0.2) is 12.1 Å². The second-order valence-electron chi connectivity index (χ2n) is 7.84. The Bertz CT molecular complexity index is 1250. The van der Waals surface area contributed by atoms with Crippen molar-refractivity contribution >= 4 is 28.9 Å². The molecule has 5 nitrogen and oxygen atoms in total. The lowest BCUT2D eigenvalue weighted by atomic mass is 9.81. The Balaban J connectivity index is 1.44. The Morgan fingerprint density at radius 1 is 1.18 bits per heavy atom. The van der Waals surface area contributed by atoms with Gasteiger partial charge in [0.25, 0.3) is 5.91 Å². The van der Waals surface area contributed by atoms with Gasteiger partial charge in [-0.05, 0) is 30.0 Å². The molecule has 1 saturated heterocycles. The van der Waals surface area contributed by atoms with Crippen LogP contribution in [-0.2, 0) is 5.41 Å². The van der Waals surface area contributed by atoms with E-state index in [-0.39, 0.29) is 17.1 Å². The van der Waals surface area contributed by atoms with Crippen molar-refractivity contribution in [2.45, 2.75) is 11.8 Å². The van der Waals surface area contributed by atoms with Crippen LogP contribution in [0.1, 0.15) is 43.2 Å². The second-order valence-corrected chi connectivity index (χ2v) is 7.84. The number of amides is 1. The van der Waals surface area contributed by atoms with Crippen molar-refractivity contribution < 1.29 is 14.4 Å². The number of benzene rings is 2. The molecule has 136 valence electrons. The van der Waals surface area contributed by atoms with Gasteiger partial charge in [0.1, 0.15) is 5.69 Å². The van der Waals surface area contributed by atoms with E-state index in [1.165, 1.54) is 0 Å². The molecule has 2 heterocycles. The van der Waals surface area contributed by atoms with Gasteiger partial charge < -0.3 is 9.88 Å². The number of nitrogens with one attached hydrogen (secondary N) is 1. The number of aromatic nitrogens is 1. The average Bonchev–Trinajstić information content (AvgIpc) is 3.10. The molecule has 0 radical (unpaired) electrons. The zero-order valence-corrected chi connectivity index (χ0v) is 14.9. The maximum atomic E-state index is 13.3. The predicted octanol–water partition coefficient (Wildman–Crippen LogP) is 3.47. The van der Waals surface area contributed by atoms with Crippen LogP contribution in [0.4, 0.5) is 0 Å². The fourth-order valence-electron chi connectivity index (χ4n) is 5.12. The molecule has 2 aliphatic carbocycles. The Labute approximate surface area is 160 Å². The van der Waals surface area contributed by atoms with Gasteiger partial charge in [0, 0.05) is 40.2 Å². The maximum Gasteiger partial charge on any atom is 0.274 e. The van der Waals surface area contributed by atoms with Gasteiger partial charge >= 0.3 is 0 Å². The van der Waals surface area contributed by atoms with Crippen LogP contribution in [0.25, 0.3) is 10.9 Å². The monoisotopic (exact) mass is 368 g/mol. The van der Waals surface area contributed by atoms with E-state index < -0.39 is 0 Å². The number of carbonyl (C=O) groups is 3. The van der Waals surface area contributed by atoms with Gasteiger partial charge in [-0.2, -0.15) is 0 Å². The third-order valence-electron chi connectivity index (χ3n) is 6.49. The SMILES string of the molecule is O=Cc1cccc2cc(C(=O)N3C[C@H]4CC45C3=CC(=O)c3ccccc35)[nH]c12. The molecule has 2 atom stereocenters. The zero-order chi connectivity index (χ0) is 19.0. The number of para-hydroxylation sites is 1. The molecule has 1 N–H and O–H groups in total. The largest absolute Gasteiger partial charge is 0.350 e. The van der Waals surface area contributed by atoms with E-state index in [9.17, 15) is 14.4 Å². The number of aldehydes is 1. The van der Waals surface area contributed by atoms with Crippen LogP contribution in [0.15, 0.2) is 60.3 Å². The highest BCUT2D eigenvalue weighted by Crippen LogP contribution is 2.66. The first-order valence-electron chi connectivity index (χ1n) is 9.38. The Kier molecular flexibility index (Phi) is 2.82. The van der Waals surface area contributed by atoms with Gasteiger partial charge in [-0.25, -0.2) is 0 Å². The highest BCUT2D eigenvalue weighted by Gasteiger charge is 2.67. The lowest BCUT2D eigenvalue weighted by Gasteiger charge is -2.29. The van der Waals surface area contributed by atoms with Crippen molar-refractivity contribution in [1.29, 1.82) is 0 Å². The van der Waals surface area contributed by atoms with E-state index in [0.29, 0.717) is 29.2 Å². The zero-order valence-electron chi connectivity index (χ0n) is 14.9. The minimum atomic E-state index is -0.194. The molecule has 1 aliphatic heterocycles. The predicted molar refractivity (Wildman–Crippen MR) is 103 cm³/mol. The molecule has 2 aromatic carbocycles. The Morgan fingerprint density at radius 2 is 2.04 bits per heavy atom. The number of aromatic amines is 1. The number of nitrogens with zero attached hydrogens (tertiary/aromatic N) is 1. The van der Waals surface area contributed by atoms with Crippen LogP contribution in [0, 0.1) is 5.92 Å². The maximum absolute atomic E-state index is 13.3. The molecule has 3 aromatic rings. The van der Waals surface area contributed by atoms with Gasteiger partial charge in [-0.3, -0.25) is 14.4 Å². The fraction of sp³-hybridized carbons (Fsp3) is 0.174. The van der Waals surface area contributed by atoms with Crippen LogP contribution in [0.2, 0.25) is 0 Å². The van der Waals surface area contributed by atoms with E-state index in [1.807, 2.05) is 30.3 Å². The third-order valence-corrected chi connectivity index (χ3v) is 6.49. The van der Waals surface area contributed by atoms with Crippen LogP contribution in [-0.4, -0.2) is 34.4 Å². The molecule has 6 rings (SSSR count). The summed E-state index contributed by atoms with van der Waals surface area (Å²) in [6.45, 7) is 0.613. The number of likely N-dealkylation sites (tertiary alicyclic amines) is 1. The van der Waals surface area contributed by atoms with Gasteiger partial charge in [-0.15, -0.1) is 0 Å². The molecule has 1 saturated carbocycles. The molecular formula is C23H16N2O3. The number of fused-ring (bicyclic) bond motifs is 2. The van der Waals surface area contributed by atoms with E-state index in [4.69, 9.17) is 0 Å². The van der Waals surface area contributed by atoms with E-state index in [1.54, 1.807) is 29.2 Å². The Hall–Kier alpha value is -3.47. The first kappa shape index (κ1) is 15.6. The standard InChI is InChI=1S/C23H16N2O3/c26-12-14-5-3-4-13-8-18(24-21(13)14)22(28)25-11-15-10-23(15)17-7-2-1-6-16(17)19(27)9-20(23)25/h1-9,12,15,24H,10-11H2/t15-,23?/m1/s1. The number of piperidine rings is 1. The normalized spacial score (nSPS) is 24.4. The lowest BCUT2D eigenvalue weighted by Crippen LogP contribution is -2.33. The summed E-state index contributed by atoms with van der Waals surface area (Å²) in [4.78, 5) is 42.1. The number of carbonyl (C=O) groups excluding carboxylic acids is 3. The summed E-state index contributed by atoms with van der Waals surface area (Å²) in [5, 5.41) is 0.825. The number of hydrogen-bond acceptors (Lipinski definition) is 3. The molecule has 2 fully saturated rings. The first-order chi connectivity index (χ1) is 13.6. The number of hydrogen-bond donors (Lipinski definition) is 1. The second kappa shape index (κ2) is 5.07. The average molecular weight is 368 g/mol. The lowest BCUT2D eigenvalue weighted by molar-refractivity contribution is 0.0806. The summed E-state index contributed by atoms with van der Waals surface area (Å²) in [6, 6.07) is 14.9. The summed E-state index contributed by atoms with van der Waals surface area (Å²) in [5.41, 5.74) is 4.06. The highest BCUT2D eigenvalue weighted by atomic mass is 16.2. The van der Waals surface area contributed by atoms with Gasteiger partial charge in [0.2, 0.25) is 0 Å². The van der Waals surface area contributed by atoms with Crippen LogP contribution in [0.3, 0.4) is 0 Å². The molecule has 5 heteroatoms. The van der Waals surface area contributed by atoms with Gasteiger partial charge in [0.05, 0.1) is 5.52 Å². The number of ketones is 1. The first-order valence-corrected chi connectivity index (χ1v) is 9.38. The smallest absolute Gasteiger partial charge is 0.274 e. The summed E-state index contributed by atoms with van der Waals surface area (Å²) >= 11 is 0. The van der Waals surface area contributed by atoms with Crippen molar-refractivity contribution in [3.05, 3.63) is 82.7 Å². The van der Waals surface area contributed by atoms with Crippen molar-refractivity contribution in [1.82, 2.24) is 9.88 Å². The quantitative estimate of drug-likeness (QED) is 0.704. The molecule has 28 heavy (non-hydrogen) atoms. The Morgan fingerprint density at radius 3 is 2.89 bits per heavy atom. The number of rotatable bonds is 2. The van der Waals surface area contributed by atoms with E-state index in [2.05, 4.69) is 4.98 Å². The summed E-state index contributed by atoms with van der Waals surface area (Å²) in [5.74, 6) is 0.159. The van der Waals surface area contributed by atoms with Crippen LogP contribution in [0.5, 0.6) is 0 Å². The third kappa shape index (κ3) is 1.78. The highest BCUT2D eigenvalue weighted by molar-refractivity contribution is 6.10.